The molecule has 0 radical (unpaired) electrons. The molecule has 5 aliphatic rings. The fraction of sp³-hybridized carbons (Fsp3) is 0.143. The summed E-state index contributed by atoms with van der Waals surface area (Å²) in [5.74, 6) is 0. The zero-order chi connectivity index (χ0) is 13.8. The Morgan fingerprint density at radius 2 is 1.19 bits per heavy atom. The minimum Gasteiger partial charge on any atom is -0.0584 e. The summed E-state index contributed by atoms with van der Waals surface area (Å²) in [5, 5.41) is 0. The third-order valence-corrected chi connectivity index (χ3v) is 4.86. The molecule has 100 valence electrons. The van der Waals surface area contributed by atoms with E-state index in [0.717, 1.165) is 19.3 Å². The summed E-state index contributed by atoms with van der Waals surface area (Å²) in [6.07, 6.45) is 3.41. The lowest BCUT2D eigenvalue weighted by atomic mass is 9.91. The highest BCUT2D eigenvalue weighted by Gasteiger charge is 2.25. The van der Waals surface area contributed by atoms with Crippen molar-refractivity contribution >= 4 is 0 Å². The van der Waals surface area contributed by atoms with Crippen molar-refractivity contribution in [3.8, 4) is 22.3 Å². The molecule has 0 heteroatoms. The van der Waals surface area contributed by atoms with Crippen molar-refractivity contribution < 1.29 is 0 Å². The van der Waals surface area contributed by atoms with Crippen LogP contribution in [-0.2, 0) is 19.3 Å². The molecule has 3 aromatic carbocycles. The van der Waals surface area contributed by atoms with Gasteiger partial charge >= 0.3 is 0 Å². The first-order valence-electron chi connectivity index (χ1n) is 7.72. The summed E-state index contributed by atoms with van der Waals surface area (Å²) in [5.41, 5.74) is 11.5. The van der Waals surface area contributed by atoms with Crippen LogP contribution >= 0.6 is 0 Å². The highest BCUT2D eigenvalue weighted by atomic mass is 14.3. The molecule has 0 aromatic heterocycles. The van der Waals surface area contributed by atoms with E-state index in [1.54, 1.807) is 5.56 Å². The van der Waals surface area contributed by atoms with Crippen molar-refractivity contribution in [3.05, 3.63) is 82.9 Å². The van der Waals surface area contributed by atoms with Crippen LogP contribution in [0.15, 0.2) is 60.7 Å². The van der Waals surface area contributed by atoms with Crippen LogP contribution in [0.1, 0.15) is 22.3 Å². The third kappa shape index (κ3) is 1.76. The average Bonchev–Trinajstić information content (AvgIpc) is 3.31. The molecule has 0 saturated heterocycles. The molecule has 0 unspecified atom stereocenters. The molecule has 0 saturated carbocycles. The summed E-state index contributed by atoms with van der Waals surface area (Å²) in [6, 6.07) is 23.0. The normalized spacial score (nSPS) is 14.1. The van der Waals surface area contributed by atoms with Crippen LogP contribution in [0.5, 0.6) is 0 Å². The van der Waals surface area contributed by atoms with E-state index in [0.29, 0.717) is 0 Å². The molecule has 0 amide bonds. The zero-order valence-electron chi connectivity index (χ0n) is 11.9. The summed E-state index contributed by atoms with van der Waals surface area (Å²) < 4.78 is 0. The Labute approximate surface area is 125 Å². The van der Waals surface area contributed by atoms with Gasteiger partial charge in [0.1, 0.15) is 0 Å². The van der Waals surface area contributed by atoms with Gasteiger partial charge in [-0.2, -0.15) is 0 Å². The molecule has 0 nitrogen and oxygen atoms in total. The Bertz CT molecular complexity index is 836. The monoisotopic (exact) mass is 268 g/mol. The van der Waals surface area contributed by atoms with E-state index in [4.69, 9.17) is 0 Å². The van der Waals surface area contributed by atoms with Crippen LogP contribution < -0.4 is 0 Å². The number of hydrogen-bond acceptors (Lipinski definition) is 0. The molecular weight excluding hydrogens is 252 g/mol. The van der Waals surface area contributed by atoms with E-state index < -0.39 is 0 Å². The lowest BCUT2D eigenvalue weighted by Gasteiger charge is -2.13. The topological polar surface area (TPSA) is 0 Å². The largest absolute Gasteiger partial charge is 0.0584 e. The van der Waals surface area contributed by atoms with Gasteiger partial charge in [0.2, 0.25) is 0 Å². The number of rotatable bonds is 0. The smallest absolute Gasteiger partial charge is 0.00135 e. The van der Waals surface area contributed by atoms with Crippen LogP contribution in [-0.4, -0.2) is 0 Å². The van der Waals surface area contributed by atoms with E-state index in [1.807, 2.05) is 0 Å². The summed E-state index contributed by atoms with van der Waals surface area (Å²) in [6.45, 7) is 0. The van der Waals surface area contributed by atoms with Crippen LogP contribution in [0.3, 0.4) is 0 Å². The van der Waals surface area contributed by atoms with Crippen LogP contribution in [0.4, 0.5) is 0 Å². The maximum atomic E-state index is 2.31. The standard InChI is InChI=1S/C21H16/c1-2-15-5-9-17(10-6-15)21-19(12-11-18-13-20(18)21)16-7-3-14(1)4-8-16/h3-12H,1-2,13H2. The van der Waals surface area contributed by atoms with E-state index in [-0.39, 0.29) is 0 Å². The Morgan fingerprint density at radius 1 is 0.571 bits per heavy atom. The quantitative estimate of drug-likeness (QED) is 0.420. The Kier molecular flexibility index (Phi) is 2.20. The van der Waals surface area contributed by atoms with Gasteiger partial charge in [-0.3, -0.25) is 0 Å². The minimum absolute atomic E-state index is 1.12. The number of hydrogen-bond donors (Lipinski definition) is 0. The first-order chi connectivity index (χ1) is 10.4. The predicted octanol–water partition coefficient (Wildman–Crippen LogP) is 5.02. The summed E-state index contributed by atoms with van der Waals surface area (Å²) >= 11 is 0. The van der Waals surface area contributed by atoms with Gasteiger partial charge in [-0.1, -0.05) is 60.7 Å². The fourth-order valence-corrected chi connectivity index (χ4v) is 3.53. The number of fused-ring (bicyclic) bond motifs is 1. The molecule has 21 heavy (non-hydrogen) atoms. The molecule has 8 rings (SSSR count). The van der Waals surface area contributed by atoms with Crippen LogP contribution in [0.25, 0.3) is 22.3 Å². The van der Waals surface area contributed by atoms with Gasteiger partial charge < -0.3 is 0 Å². The number of benzene rings is 3. The SMILES string of the molecule is c1cc2ccc1CCc1ccc(cc1)-c1c-2ccc2c1C2. The fourth-order valence-electron chi connectivity index (χ4n) is 3.53. The first kappa shape index (κ1) is 11.3. The highest BCUT2D eigenvalue weighted by Crippen LogP contribution is 2.44. The average molecular weight is 268 g/mol. The lowest BCUT2D eigenvalue weighted by molar-refractivity contribution is 0.960. The predicted molar refractivity (Wildman–Crippen MR) is 87.5 cm³/mol. The molecule has 0 atom stereocenters. The van der Waals surface area contributed by atoms with Gasteiger partial charge in [-0.05, 0) is 63.8 Å². The van der Waals surface area contributed by atoms with Gasteiger partial charge in [-0.25, -0.2) is 0 Å². The molecule has 0 aliphatic heterocycles. The molecule has 0 fully saturated rings. The second kappa shape index (κ2) is 4.08. The van der Waals surface area contributed by atoms with Gasteiger partial charge in [0, 0.05) is 0 Å². The lowest BCUT2D eigenvalue weighted by Crippen LogP contribution is -1.94. The highest BCUT2D eigenvalue weighted by molar-refractivity contribution is 5.89. The van der Waals surface area contributed by atoms with Crippen molar-refractivity contribution in [2.75, 3.05) is 0 Å². The second-order valence-electron chi connectivity index (χ2n) is 6.20. The molecular formula is C21H16. The Hall–Kier alpha value is -2.34. The van der Waals surface area contributed by atoms with Crippen molar-refractivity contribution in [2.45, 2.75) is 19.3 Å². The maximum absolute atomic E-state index is 2.31. The van der Waals surface area contributed by atoms with Gasteiger partial charge in [0.25, 0.3) is 0 Å². The van der Waals surface area contributed by atoms with E-state index in [1.165, 1.54) is 38.9 Å². The van der Waals surface area contributed by atoms with Crippen molar-refractivity contribution in [1.82, 2.24) is 0 Å². The summed E-state index contributed by atoms with van der Waals surface area (Å²) in [7, 11) is 0. The Morgan fingerprint density at radius 3 is 1.86 bits per heavy atom. The third-order valence-electron chi connectivity index (χ3n) is 4.86. The molecule has 0 N–H and O–H groups in total. The van der Waals surface area contributed by atoms with Crippen molar-refractivity contribution in [1.29, 1.82) is 0 Å². The van der Waals surface area contributed by atoms with E-state index in [2.05, 4.69) is 60.7 Å². The molecule has 0 heterocycles. The molecule has 5 aliphatic carbocycles. The summed E-state index contributed by atoms with van der Waals surface area (Å²) in [4.78, 5) is 0. The van der Waals surface area contributed by atoms with Crippen LogP contribution in [0.2, 0.25) is 0 Å². The Balaban J connectivity index is 1.85. The van der Waals surface area contributed by atoms with E-state index >= 15 is 0 Å². The minimum atomic E-state index is 1.12. The molecule has 0 spiro atoms. The number of aryl methyl sites for hydroxylation is 2. The molecule has 4 bridgehead atoms. The zero-order valence-corrected chi connectivity index (χ0v) is 11.9. The van der Waals surface area contributed by atoms with Gasteiger partial charge in [-0.15, -0.1) is 0 Å². The second-order valence-corrected chi connectivity index (χ2v) is 6.20. The maximum Gasteiger partial charge on any atom is -0.00135 e. The molecule has 3 aromatic rings. The van der Waals surface area contributed by atoms with Crippen molar-refractivity contribution in [2.24, 2.45) is 0 Å². The van der Waals surface area contributed by atoms with Gasteiger partial charge in [0.15, 0.2) is 0 Å². The first-order valence-corrected chi connectivity index (χ1v) is 7.72. The van der Waals surface area contributed by atoms with Gasteiger partial charge in [0.05, 0.1) is 0 Å². The van der Waals surface area contributed by atoms with Crippen molar-refractivity contribution in [3.63, 3.8) is 0 Å². The van der Waals surface area contributed by atoms with E-state index in [9.17, 15) is 0 Å². The van der Waals surface area contributed by atoms with Crippen LogP contribution in [0, 0.1) is 0 Å².